The fourth-order valence-electron chi connectivity index (χ4n) is 2.84. The van der Waals surface area contributed by atoms with Crippen molar-refractivity contribution in [1.29, 1.82) is 0 Å². The molecule has 0 radical (unpaired) electrons. The molecule has 1 aliphatic heterocycles. The Hall–Kier alpha value is -2.26. The van der Waals surface area contributed by atoms with E-state index >= 15 is 0 Å². The number of rotatable bonds is 8. The first-order valence-corrected chi connectivity index (χ1v) is 10.5. The molecule has 3 heterocycles. The summed E-state index contributed by atoms with van der Waals surface area (Å²) in [6.45, 7) is 4.29. The summed E-state index contributed by atoms with van der Waals surface area (Å²) in [4.78, 5) is 42.5. The molecule has 2 aromatic rings. The third kappa shape index (κ3) is 4.92. The van der Waals surface area contributed by atoms with Crippen LogP contribution in [0.5, 0.6) is 0 Å². The molecule has 2 aromatic heterocycles. The lowest BCUT2D eigenvalue weighted by Crippen LogP contribution is -2.34. The monoisotopic (exact) mass is 406 g/mol. The van der Waals surface area contributed by atoms with E-state index in [-0.39, 0.29) is 43.4 Å². The number of aromatic nitrogens is 1. The van der Waals surface area contributed by atoms with Gasteiger partial charge in [0.2, 0.25) is 11.8 Å². The Balaban J connectivity index is 1.58. The predicted octanol–water partition coefficient (Wildman–Crippen LogP) is 2.55. The van der Waals surface area contributed by atoms with Gasteiger partial charge in [-0.1, -0.05) is 0 Å². The summed E-state index contributed by atoms with van der Waals surface area (Å²) in [5, 5.41) is 10.5. The average molecular weight is 407 g/mol. The van der Waals surface area contributed by atoms with Gasteiger partial charge in [-0.2, -0.15) is 11.3 Å². The van der Waals surface area contributed by atoms with E-state index in [1.807, 2.05) is 19.2 Å². The third-order valence-corrected chi connectivity index (χ3v) is 6.34. The Kier molecular flexibility index (Phi) is 6.22. The molecule has 3 rings (SSSR count). The fraction of sp³-hybridized carbons (Fsp3) is 0.444. The van der Waals surface area contributed by atoms with Crippen LogP contribution in [0.4, 0.5) is 4.79 Å². The molecule has 1 saturated heterocycles. The van der Waals surface area contributed by atoms with Crippen molar-refractivity contribution >= 4 is 40.5 Å². The maximum absolute atomic E-state index is 12.4. The van der Waals surface area contributed by atoms with Gasteiger partial charge in [-0.05, 0) is 42.7 Å². The highest BCUT2D eigenvalue weighted by Gasteiger charge is 2.28. The zero-order valence-corrected chi connectivity index (χ0v) is 16.9. The Morgan fingerprint density at radius 3 is 2.81 bits per heavy atom. The zero-order chi connectivity index (χ0) is 19.4. The minimum absolute atomic E-state index is 0.0382. The number of urea groups is 1. The van der Waals surface area contributed by atoms with Crippen LogP contribution >= 0.6 is 22.7 Å². The van der Waals surface area contributed by atoms with Crippen molar-refractivity contribution in [3.63, 3.8) is 0 Å². The number of amides is 4. The summed E-state index contributed by atoms with van der Waals surface area (Å²) in [5.74, 6) is -0.350. The van der Waals surface area contributed by atoms with Crippen molar-refractivity contribution in [3.05, 3.63) is 38.0 Å². The fourth-order valence-corrected chi connectivity index (χ4v) is 4.49. The van der Waals surface area contributed by atoms with Gasteiger partial charge in [0.05, 0.1) is 18.3 Å². The number of hydrogen-bond acceptors (Lipinski definition) is 6. The van der Waals surface area contributed by atoms with E-state index in [0.29, 0.717) is 12.8 Å². The zero-order valence-electron chi connectivity index (χ0n) is 15.3. The lowest BCUT2D eigenvalue weighted by molar-refractivity contribution is -0.126. The number of nitrogens with zero attached hydrogens (tertiary/aromatic N) is 2. The first-order valence-electron chi connectivity index (χ1n) is 8.76. The molecular formula is C18H22N4O3S2. The van der Waals surface area contributed by atoms with Crippen LogP contribution in [0.2, 0.25) is 0 Å². The quantitative estimate of drug-likeness (QED) is 0.659. The predicted molar refractivity (Wildman–Crippen MR) is 105 cm³/mol. The molecule has 0 spiro atoms. The minimum Gasteiger partial charge on any atom is -0.347 e. The summed E-state index contributed by atoms with van der Waals surface area (Å²) in [5.41, 5.74) is 2.15. The van der Waals surface area contributed by atoms with Gasteiger partial charge in [-0.25, -0.2) is 9.78 Å². The maximum Gasteiger partial charge on any atom is 0.324 e. The van der Waals surface area contributed by atoms with Gasteiger partial charge in [0, 0.05) is 24.3 Å². The second kappa shape index (κ2) is 8.62. The van der Waals surface area contributed by atoms with Crippen molar-refractivity contribution < 1.29 is 14.4 Å². The molecule has 4 amide bonds. The van der Waals surface area contributed by atoms with Crippen LogP contribution in [-0.4, -0.2) is 40.8 Å². The Morgan fingerprint density at radius 1 is 1.41 bits per heavy atom. The first-order chi connectivity index (χ1) is 12.9. The van der Waals surface area contributed by atoms with Gasteiger partial charge in [0.25, 0.3) is 0 Å². The molecule has 2 N–H and O–H groups in total. The van der Waals surface area contributed by atoms with Crippen molar-refractivity contribution in [2.45, 2.75) is 39.2 Å². The maximum atomic E-state index is 12.4. The number of imide groups is 1. The van der Waals surface area contributed by atoms with E-state index in [4.69, 9.17) is 0 Å². The molecule has 7 nitrogen and oxygen atoms in total. The second-order valence-corrected chi connectivity index (χ2v) is 8.47. The van der Waals surface area contributed by atoms with Crippen LogP contribution in [0, 0.1) is 13.8 Å². The number of hydrogen-bond donors (Lipinski definition) is 2. The highest BCUT2D eigenvalue weighted by Crippen LogP contribution is 2.26. The van der Waals surface area contributed by atoms with Gasteiger partial charge < -0.3 is 10.6 Å². The van der Waals surface area contributed by atoms with Crippen LogP contribution in [0.3, 0.4) is 0 Å². The van der Waals surface area contributed by atoms with E-state index in [1.165, 1.54) is 0 Å². The van der Waals surface area contributed by atoms with Crippen molar-refractivity contribution in [1.82, 2.24) is 20.5 Å². The van der Waals surface area contributed by atoms with Gasteiger partial charge in [0.1, 0.15) is 5.01 Å². The van der Waals surface area contributed by atoms with Crippen molar-refractivity contribution in [2.24, 2.45) is 0 Å². The summed E-state index contributed by atoms with van der Waals surface area (Å²) < 4.78 is 0. The molecule has 0 aromatic carbocycles. The van der Waals surface area contributed by atoms with Crippen LogP contribution in [-0.2, 0) is 16.0 Å². The number of thiophene rings is 1. The van der Waals surface area contributed by atoms with E-state index < -0.39 is 0 Å². The second-order valence-electron chi connectivity index (χ2n) is 6.46. The molecule has 27 heavy (non-hydrogen) atoms. The lowest BCUT2D eigenvalue weighted by atomic mass is 10.1. The highest BCUT2D eigenvalue weighted by atomic mass is 32.1. The van der Waals surface area contributed by atoms with Crippen LogP contribution in [0.1, 0.15) is 40.0 Å². The smallest absolute Gasteiger partial charge is 0.324 e. The Morgan fingerprint density at radius 2 is 2.22 bits per heavy atom. The molecule has 0 bridgehead atoms. The standard InChI is InChI=1S/C18H22N4O3S2/c1-11-12(2)27-17(20-11)14(8-13-5-7-26-10-13)21-15(23)4-3-6-22-16(24)9-19-18(22)25/h5,7,10,14H,3-4,6,8-9H2,1-2H3,(H,19,25)(H,21,23)/t14-/m0/s1. The lowest BCUT2D eigenvalue weighted by Gasteiger charge is -2.17. The number of carbonyl (C=O) groups excluding carboxylic acids is 3. The number of thiazole rings is 1. The normalized spacial score (nSPS) is 15.1. The third-order valence-electron chi connectivity index (χ3n) is 4.42. The van der Waals surface area contributed by atoms with E-state index in [2.05, 4.69) is 27.1 Å². The van der Waals surface area contributed by atoms with Crippen LogP contribution < -0.4 is 10.6 Å². The highest BCUT2D eigenvalue weighted by molar-refractivity contribution is 7.11. The van der Waals surface area contributed by atoms with Crippen molar-refractivity contribution in [3.8, 4) is 0 Å². The van der Waals surface area contributed by atoms with Crippen LogP contribution in [0.25, 0.3) is 0 Å². The topological polar surface area (TPSA) is 91.4 Å². The Bertz CT molecular complexity index is 796. The van der Waals surface area contributed by atoms with Gasteiger partial charge in [-0.15, -0.1) is 11.3 Å². The SMILES string of the molecule is Cc1nc([C@H](Cc2ccsc2)NC(=O)CCCN2C(=O)CNC2=O)sc1C. The molecule has 1 fully saturated rings. The van der Waals surface area contributed by atoms with Gasteiger partial charge in [-0.3, -0.25) is 14.5 Å². The van der Waals surface area contributed by atoms with Crippen LogP contribution in [0.15, 0.2) is 16.8 Å². The van der Waals surface area contributed by atoms with Crippen molar-refractivity contribution in [2.75, 3.05) is 13.1 Å². The molecular weight excluding hydrogens is 384 g/mol. The molecule has 9 heteroatoms. The van der Waals surface area contributed by atoms with Gasteiger partial charge >= 0.3 is 6.03 Å². The average Bonchev–Trinajstić information content (AvgIpc) is 3.32. The van der Waals surface area contributed by atoms with E-state index in [9.17, 15) is 14.4 Å². The number of nitrogens with one attached hydrogen (secondary N) is 2. The molecule has 0 saturated carbocycles. The number of aryl methyl sites for hydroxylation is 2. The molecule has 1 aliphatic rings. The summed E-state index contributed by atoms with van der Waals surface area (Å²) in [6, 6.07) is 1.49. The summed E-state index contributed by atoms with van der Waals surface area (Å²) >= 11 is 3.23. The minimum atomic E-state index is -0.385. The Labute approximate surface area is 165 Å². The van der Waals surface area contributed by atoms with E-state index in [0.717, 1.165) is 26.0 Å². The molecule has 0 unspecified atom stereocenters. The molecule has 0 aliphatic carbocycles. The van der Waals surface area contributed by atoms with E-state index in [1.54, 1.807) is 22.7 Å². The first kappa shape index (κ1) is 19.5. The largest absolute Gasteiger partial charge is 0.347 e. The summed E-state index contributed by atoms with van der Waals surface area (Å²) in [6.07, 6.45) is 1.38. The molecule has 144 valence electrons. The van der Waals surface area contributed by atoms with Gasteiger partial charge in [0.15, 0.2) is 0 Å². The summed E-state index contributed by atoms with van der Waals surface area (Å²) in [7, 11) is 0. The molecule has 1 atom stereocenters. The number of carbonyl (C=O) groups is 3.